The van der Waals surface area contributed by atoms with Crippen LogP contribution in [0.2, 0.25) is 19.6 Å². The fourth-order valence-electron chi connectivity index (χ4n) is 7.75. The maximum Gasteiger partial charge on any atom is 0.184 e. The van der Waals surface area contributed by atoms with Gasteiger partial charge in [-0.2, -0.15) is 0 Å². The van der Waals surface area contributed by atoms with Crippen LogP contribution >= 0.6 is 7.26 Å². The molecule has 0 aromatic heterocycles. The van der Waals surface area contributed by atoms with Crippen molar-refractivity contribution in [2.75, 3.05) is 12.8 Å². The maximum atomic E-state index is 7.36. The number of hydrogen-bond acceptors (Lipinski definition) is 4. The zero-order chi connectivity index (χ0) is 31.2. The first-order valence-corrected chi connectivity index (χ1v) is 21.7. The first-order chi connectivity index (χ1) is 20.9. The molecule has 44 heavy (non-hydrogen) atoms. The molecule has 2 saturated heterocycles. The van der Waals surface area contributed by atoms with Gasteiger partial charge < -0.3 is 18.6 Å². The average Bonchev–Trinajstić information content (AvgIpc) is 2.99. The lowest BCUT2D eigenvalue weighted by Gasteiger charge is -2.61. The molecule has 0 aliphatic carbocycles. The van der Waals surface area contributed by atoms with Crippen molar-refractivity contribution >= 4 is 31.5 Å². The SMILES string of the molecule is CC1=CCO[C@H]2C[C@H]3O[C@@](C)(CC[P+](c4ccccc4)(c4ccccc4)c4ccccc4)[C@H](O[Si](C)(C)C)C[C@]3(C)O[C@]12C. The van der Waals surface area contributed by atoms with Gasteiger partial charge in [-0.05, 0) is 89.3 Å². The van der Waals surface area contributed by atoms with Crippen molar-refractivity contribution in [2.45, 2.75) is 102 Å². The Bertz CT molecular complexity index is 1360. The lowest BCUT2D eigenvalue weighted by atomic mass is 9.72. The average molecular weight is 630 g/mol. The highest BCUT2D eigenvalue weighted by Crippen LogP contribution is 2.58. The van der Waals surface area contributed by atoms with Gasteiger partial charge >= 0.3 is 0 Å². The lowest BCUT2D eigenvalue weighted by Crippen LogP contribution is -2.70. The molecule has 234 valence electrons. The number of hydrogen-bond donors (Lipinski definition) is 0. The van der Waals surface area contributed by atoms with Crippen LogP contribution < -0.4 is 15.9 Å². The molecular formula is C38H50O4PSi+. The number of rotatable bonds is 8. The van der Waals surface area contributed by atoms with Crippen LogP contribution in [0.4, 0.5) is 0 Å². The van der Waals surface area contributed by atoms with Crippen molar-refractivity contribution < 1.29 is 18.6 Å². The van der Waals surface area contributed by atoms with Crippen molar-refractivity contribution in [2.24, 2.45) is 0 Å². The third-order valence-electron chi connectivity index (χ3n) is 10.4. The molecular weight excluding hydrogens is 579 g/mol. The van der Waals surface area contributed by atoms with E-state index in [9.17, 15) is 0 Å². The third-order valence-corrected chi connectivity index (χ3v) is 15.8. The van der Waals surface area contributed by atoms with E-state index in [1.807, 2.05) is 0 Å². The van der Waals surface area contributed by atoms with E-state index in [-0.39, 0.29) is 18.3 Å². The van der Waals surface area contributed by atoms with E-state index in [0.717, 1.165) is 25.4 Å². The summed E-state index contributed by atoms with van der Waals surface area (Å²) in [5.41, 5.74) is -0.133. The second-order valence-electron chi connectivity index (χ2n) is 14.6. The van der Waals surface area contributed by atoms with Gasteiger partial charge in [-0.25, -0.2) is 0 Å². The van der Waals surface area contributed by atoms with E-state index in [2.05, 4.69) is 144 Å². The number of fused-ring (bicyclic) bond motifs is 2. The Morgan fingerprint density at radius 2 is 1.32 bits per heavy atom. The molecule has 0 amide bonds. The van der Waals surface area contributed by atoms with Crippen molar-refractivity contribution in [1.29, 1.82) is 0 Å². The summed E-state index contributed by atoms with van der Waals surface area (Å²) in [5, 5.41) is 4.21. The molecule has 2 fully saturated rings. The first-order valence-electron chi connectivity index (χ1n) is 16.3. The zero-order valence-electron chi connectivity index (χ0n) is 27.6. The van der Waals surface area contributed by atoms with Gasteiger partial charge in [0.15, 0.2) is 8.32 Å². The molecule has 6 atom stereocenters. The van der Waals surface area contributed by atoms with Crippen LogP contribution in [-0.2, 0) is 18.6 Å². The monoisotopic (exact) mass is 629 g/mol. The predicted octanol–water partition coefficient (Wildman–Crippen LogP) is 7.42. The van der Waals surface area contributed by atoms with Gasteiger partial charge in [0.25, 0.3) is 0 Å². The summed E-state index contributed by atoms with van der Waals surface area (Å²) in [6.07, 6.45) is 5.49. The minimum absolute atomic E-state index is 0.0196. The van der Waals surface area contributed by atoms with Crippen molar-refractivity contribution in [3.63, 3.8) is 0 Å². The molecule has 6 rings (SSSR count). The van der Waals surface area contributed by atoms with Crippen LogP contribution in [0.3, 0.4) is 0 Å². The predicted molar refractivity (Wildman–Crippen MR) is 187 cm³/mol. The summed E-state index contributed by atoms with van der Waals surface area (Å²) in [7, 11) is -3.94. The first kappa shape index (κ1) is 31.9. The summed E-state index contributed by atoms with van der Waals surface area (Å²) in [5.74, 6) is 0. The van der Waals surface area contributed by atoms with Gasteiger partial charge in [-0.1, -0.05) is 60.7 Å². The highest BCUT2D eigenvalue weighted by atomic mass is 31.2. The van der Waals surface area contributed by atoms with Crippen LogP contribution in [0, 0.1) is 0 Å². The van der Waals surface area contributed by atoms with Crippen LogP contribution in [0.15, 0.2) is 103 Å². The lowest BCUT2D eigenvalue weighted by molar-refractivity contribution is -0.328. The topological polar surface area (TPSA) is 36.9 Å². The minimum atomic E-state index is -2.02. The zero-order valence-corrected chi connectivity index (χ0v) is 29.5. The van der Waals surface area contributed by atoms with Gasteiger partial charge in [0, 0.05) is 19.3 Å². The molecule has 0 radical (unpaired) electrons. The van der Waals surface area contributed by atoms with Gasteiger partial charge in [-0.15, -0.1) is 0 Å². The molecule has 3 heterocycles. The quantitative estimate of drug-likeness (QED) is 0.148. The van der Waals surface area contributed by atoms with E-state index >= 15 is 0 Å². The fourth-order valence-corrected chi connectivity index (χ4v) is 13.4. The highest BCUT2D eigenvalue weighted by molar-refractivity contribution is 7.95. The summed E-state index contributed by atoms with van der Waals surface area (Å²) in [6.45, 7) is 16.4. The van der Waals surface area contributed by atoms with E-state index in [0.29, 0.717) is 6.61 Å². The summed E-state index contributed by atoms with van der Waals surface area (Å²) >= 11 is 0. The molecule has 3 aromatic carbocycles. The summed E-state index contributed by atoms with van der Waals surface area (Å²) in [4.78, 5) is 0. The molecule has 3 aliphatic heterocycles. The molecule has 0 bridgehead atoms. The normalized spacial score (nSPS) is 32.3. The smallest absolute Gasteiger partial charge is 0.184 e. The van der Waals surface area contributed by atoms with E-state index in [4.69, 9.17) is 18.6 Å². The second kappa shape index (κ2) is 11.9. The standard InChI is InChI=1S/C38H50O4PSi/c1-29-23-25-39-34-27-33-37(3,42-38(29,34)4)28-35(41-44(5,6)7)36(2,40-33)24-26-43(30-17-11-8-12-18-30,31-19-13-9-14-20-31)32-21-15-10-16-22-32/h8-23,33-35H,24-28H2,1-7H3/q+1/t33-,34+,35-,36+,37+,38-/m1/s1. The Kier molecular flexibility index (Phi) is 8.63. The molecule has 0 unspecified atom stereocenters. The fraction of sp³-hybridized carbons (Fsp3) is 0.474. The number of benzene rings is 3. The Hall–Kier alpha value is -2.11. The molecule has 0 spiro atoms. The van der Waals surface area contributed by atoms with Crippen molar-refractivity contribution in [3.05, 3.63) is 103 Å². The van der Waals surface area contributed by atoms with Crippen molar-refractivity contribution in [3.8, 4) is 0 Å². The van der Waals surface area contributed by atoms with Crippen molar-refractivity contribution in [1.82, 2.24) is 0 Å². The Morgan fingerprint density at radius 3 is 1.82 bits per heavy atom. The largest absolute Gasteiger partial charge is 0.412 e. The van der Waals surface area contributed by atoms with Gasteiger partial charge in [0.2, 0.25) is 0 Å². The second-order valence-corrected chi connectivity index (χ2v) is 22.7. The van der Waals surface area contributed by atoms with Crippen LogP contribution in [0.25, 0.3) is 0 Å². The minimum Gasteiger partial charge on any atom is -0.412 e. The molecule has 6 heteroatoms. The maximum absolute atomic E-state index is 7.36. The molecule has 3 aliphatic rings. The molecule has 0 saturated carbocycles. The molecule has 3 aromatic rings. The highest BCUT2D eigenvalue weighted by Gasteiger charge is 2.62. The third kappa shape index (κ3) is 5.81. The van der Waals surface area contributed by atoms with E-state index in [1.54, 1.807) is 0 Å². The van der Waals surface area contributed by atoms with Crippen LogP contribution in [0.5, 0.6) is 0 Å². The number of ether oxygens (including phenoxy) is 3. The molecule has 0 N–H and O–H groups in total. The molecule has 4 nitrogen and oxygen atoms in total. The van der Waals surface area contributed by atoms with Gasteiger partial charge in [-0.3, -0.25) is 0 Å². The van der Waals surface area contributed by atoms with E-state index < -0.39 is 32.4 Å². The van der Waals surface area contributed by atoms with Crippen LogP contribution in [-0.4, -0.2) is 56.2 Å². The van der Waals surface area contributed by atoms with Gasteiger partial charge in [0.1, 0.15) is 28.8 Å². The Morgan fingerprint density at radius 1 is 0.795 bits per heavy atom. The Balaban J connectivity index is 1.41. The summed E-state index contributed by atoms with van der Waals surface area (Å²) in [6, 6.07) is 33.5. The van der Waals surface area contributed by atoms with Gasteiger partial charge in [0.05, 0.1) is 42.3 Å². The summed E-state index contributed by atoms with van der Waals surface area (Å²) < 4.78 is 27.9. The van der Waals surface area contributed by atoms with Crippen LogP contribution in [0.1, 0.15) is 47.0 Å². The Labute approximate surface area is 266 Å². The van der Waals surface area contributed by atoms with E-state index in [1.165, 1.54) is 21.5 Å².